The molecular formula is C17H18N4O5. The molecule has 9 nitrogen and oxygen atoms in total. The van der Waals surface area contributed by atoms with Gasteiger partial charge in [0.15, 0.2) is 11.4 Å². The number of amides is 1. The lowest BCUT2D eigenvalue weighted by Gasteiger charge is -2.08. The smallest absolute Gasteiger partial charge is 0.408 e. The molecule has 1 N–H and O–H groups in total. The van der Waals surface area contributed by atoms with E-state index in [0.717, 1.165) is 25.0 Å². The largest absolute Gasteiger partial charge is 0.420 e. The molecule has 26 heavy (non-hydrogen) atoms. The molecule has 1 amide bonds. The maximum atomic E-state index is 12.1. The van der Waals surface area contributed by atoms with Gasteiger partial charge in [-0.1, -0.05) is 11.2 Å². The number of aryl methyl sites for hydroxylation is 1. The summed E-state index contributed by atoms with van der Waals surface area (Å²) in [4.78, 5) is 28.2. The Bertz CT molecular complexity index is 996. The van der Waals surface area contributed by atoms with Crippen LogP contribution >= 0.6 is 0 Å². The molecule has 1 aliphatic rings. The molecule has 136 valence electrons. The van der Waals surface area contributed by atoms with E-state index in [2.05, 4.69) is 15.5 Å². The summed E-state index contributed by atoms with van der Waals surface area (Å²) in [6, 6.07) is 5.44. The number of fused-ring (bicyclic) bond motifs is 1. The van der Waals surface area contributed by atoms with Crippen molar-refractivity contribution in [2.75, 3.05) is 13.2 Å². The summed E-state index contributed by atoms with van der Waals surface area (Å²) in [6.45, 7) is 3.10. The SMILES string of the molecule is Cc1ccc2oc(=O)n(Cc3noc(C(=O)NC[C@@H]4CCCO4)n3)c2c1. The van der Waals surface area contributed by atoms with Gasteiger partial charge < -0.3 is 19.0 Å². The van der Waals surface area contributed by atoms with Crippen molar-refractivity contribution in [1.82, 2.24) is 20.0 Å². The zero-order chi connectivity index (χ0) is 18.1. The number of carbonyl (C=O) groups excluding carboxylic acids is 1. The molecule has 1 saturated heterocycles. The van der Waals surface area contributed by atoms with Crippen LogP contribution in [0.2, 0.25) is 0 Å². The first-order valence-corrected chi connectivity index (χ1v) is 8.42. The second-order valence-corrected chi connectivity index (χ2v) is 6.29. The fourth-order valence-electron chi connectivity index (χ4n) is 2.96. The van der Waals surface area contributed by atoms with Gasteiger partial charge in [0.25, 0.3) is 0 Å². The zero-order valence-electron chi connectivity index (χ0n) is 14.2. The quantitative estimate of drug-likeness (QED) is 0.730. The van der Waals surface area contributed by atoms with E-state index < -0.39 is 11.7 Å². The van der Waals surface area contributed by atoms with Crippen molar-refractivity contribution in [3.8, 4) is 0 Å². The van der Waals surface area contributed by atoms with Crippen molar-refractivity contribution < 1.29 is 18.5 Å². The first-order valence-electron chi connectivity index (χ1n) is 8.42. The Morgan fingerprint density at radius 1 is 1.42 bits per heavy atom. The average molecular weight is 358 g/mol. The Balaban J connectivity index is 1.48. The van der Waals surface area contributed by atoms with Gasteiger partial charge in [0, 0.05) is 13.2 Å². The molecule has 1 aliphatic heterocycles. The number of hydrogen-bond donors (Lipinski definition) is 1. The molecule has 0 radical (unpaired) electrons. The van der Waals surface area contributed by atoms with Gasteiger partial charge in [-0.05, 0) is 37.5 Å². The number of ether oxygens (including phenoxy) is 1. The third-order valence-electron chi connectivity index (χ3n) is 4.30. The molecule has 2 aromatic heterocycles. The number of benzene rings is 1. The van der Waals surface area contributed by atoms with E-state index in [0.29, 0.717) is 17.6 Å². The summed E-state index contributed by atoms with van der Waals surface area (Å²) in [7, 11) is 0. The molecule has 1 aromatic carbocycles. The first-order chi connectivity index (χ1) is 12.6. The third-order valence-corrected chi connectivity index (χ3v) is 4.30. The topological polar surface area (TPSA) is 112 Å². The van der Waals surface area contributed by atoms with Crippen LogP contribution in [0, 0.1) is 6.92 Å². The lowest BCUT2D eigenvalue weighted by atomic mass is 10.2. The number of carbonyl (C=O) groups is 1. The summed E-state index contributed by atoms with van der Waals surface area (Å²) >= 11 is 0. The van der Waals surface area contributed by atoms with Gasteiger partial charge in [-0.2, -0.15) is 4.98 Å². The van der Waals surface area contributed by atoms with Crippen LogP contribution in [0.3, 0.4) is 0 Å². The van der Waals surface area contributed by atoms with Crippen LogP contribution in [0.15, 0.2) is 31.9 Å². The third kappa shape index (κ3) is 3.25. The van der Waals surface area contributed by atoms with E-state index in [4.69, 9.17) is 13.7 Å². The van der Waals surface area contributed by atoms with Gasteiger partial charge >= 0.3 is 17.6 Å². The Morgan fingerprint density at radius 2 is 2.31 bits per heavy atom. The molecule has 3 heterocycles. The number of rotatable bonds is 5. The number of oxazole rings is 1. The Morgan fingerprint density at radius 3 is 3.12 bits per heavy atom. The number of aromatic nitrogens is 3. The van der Waals surface area contributed by atoms with Crippen LogP contribution < -0.4 is 11.1 Å². The molecule has 3 aromatic rings. The van der Waals surface area contributed by atoms with Crippen LogP contribution in [0.4, 0.5) is 0 Å². The highest BCUT2D eigenvalue weighted by molar-refractivity contribution is 5.89. The fourth-order valence-corrected chi connectivity index (χ4v) is 2.96. The van der Waals surface area contributed by atoms with Crippen molar-refractivity contribution in [2.45, 2.75) is 32.4 Å². The first kappa shape index (κ1) is 16.5. The molecule has 0 saturated carbocycles. The van der Waals surface area contributed by atoms with Crippen molar-refractivity contribution in [3.05, 3.63) is 46.0 Å². The molecule has 0 spiro atoms. The second-order valence-electron chi connectivity index (χ2n) is 6.29. The summed E-state index contributed by atoms with van der Waals surface area (Å²) < 4.78 is 17.1. The monoisotopic (exact) mass is 358 g/mol. The fraction of sp³-hybridized carbons (Fsp3) is 0.412. The summed E-state index contributed by atoms with van der Waals surface area (Å²) in [5.41, 5.74) is 2.12. The summed E-state index contributed by atoms with van der Waals surface area (Å²) in [6.07, 6.45) is 1.95. The maximum absolute atomic E-state index is 12.1. The highest BCUT2D eigenvalue weighted by Gasteiger charge is 2.20. The van der Waals surface area contributed by atoms with E-state index in [1.165, 1.54) is 4.57 Å². The minimum Gasteiger partial charge on any atom is -0.408 e. The molecular weight excluding hydrogens is 340 g/mol. The van der Waals surface area contributed by atoms with Crippen molar-refractivity contribution in [1.29, 1.82) is 0 Å². The van der Waals surface area contributed by atoms with E-state index in [-0.39, 0.29) is 24.4 Å². The standard InChI is InChI=1S/C17H18N4O5/c1-10-4-5-13-12(7-10)21(17(23)25-13)9-14-19-16(26-20-14)15(22)18-8-11-3-2-6-24-11/h4-5,7,11H,2-3,6,8-9H2,1H3,(H,18,22)/t11-/m0/s1. The summed E-state index contributed by atoms with van der Waals surface area (Å²) in [5, 5.41) is 6.50. The van der Waals surface area contributed by atoms with Gasteiger partial charge in [-0.3, -0.25) is 9.36 Å². The van der Waals surface area contributed by atoms with E-state index in [9.17, 15) is 9.59 Å². The highest BCUT2D eigenvalue weighted by Crippen LogP contribution is 2.15. The van der Waals surface area contributed by atoms with Crippen LogP contribution in [0.25, 0.3) is 11.1 Å². The average Bonchev–Trinajstić information content (AvgIpc) is 3.35. The predicted molar refractivity (Wildman–Crippen MR) is 89.9 cm³/mol. The lowest BCUT2D eigenvalue weighted by molar-refractivity contribution is 0.0822. The zero-order valence-corrected chi connectivity index (χ0v) is 14.2. The second kappa shape index (κ2) is 6.75. The van der Waals surface area contributed by atoms with Gasteiger partial charge in [0.05, 0.1) is 18.2 Å². The Kier molecular flexibility index (Phi) is 4.29. The summed E-state index contributed by atoms with van der Waals surface area (Å²) in [5.74, 6) is -0.895. The molecule has 1 atom stereocenters. The van der Waals surface area contributed by atoms with Gasteiger partial charge in [-0.15, -0.1) is 0 Å². The predicted octanol–water partition coefficient (Wildman–Crippen LogP) is 1.24. The van der Waals surface area contributed by atoms with Crippen LogP contribution in [-0.4, -0.2) is 39.9 Å². The van der Waals surface area contributed by atoms with Crippen molar-refractivity contribution >= 4 is 17.0 Å². The highest BCUT2D eigenvalue weighted by atomic mass is 16.5. The molecule has 0 bridgehead atoms. The van der Waals surface area contributed by atoms with Gasteiger partial charge in [-0.25, -0.2) is 4.79 Å². The van der Waals surface area contributed by atoms with Gasteiger partial charge in [0.1, 0.15) is 0 Å². The minimum absolute atomic E-state index is 0.0282. The Hall–Kier alpha value is -2.94. The Labute approximate surface area is 147 Å². The number of nitrogens with one attached hydrogen (secondary N) is 1. The van der Waals surface area contributed by atoms with E-state index >= 15 is 0 Å². The molecule has 0 aliphatic carbocycles. The molecule has 4 rings (SSSR count). The van der Waals surface area contributed by atoms with Crippen molar-refractivity contribution in [3.63, 3.8) is 0 Å². The molecule has 9 heteroatoms. The number of hydrogen-bond acceptors (Lipinski definition) is 7. The van der Waals surface area contributed by atoms with E-state index in [1.54, 1.807) is 6.07 Å². The maximum Gasteiger partial charge on any atom is 0.420 e. The normalized spacial score (nSPS) is 17.0. The van der Waals surface area contributed by atoms with Crippen LogP contribution in [0.5, 0.6) is 0 Å². The van der Waals surface area contributed by atoms with Gasteiger partial charge in [0.2, 0.25) is 0 Å². The van der Waals surface area contributed by atoms with E-state index in [1.807, 2.05) is 19.1 Å². The lowest BCUT2D eigenvalue weighted by Crippen LogP contribution is -2.32. The van der Waals surface area contributed by atoms with Crippen LogP contribution in [0.1, 0.15) is 34.9 Å². The van der Waals surface area contributed by atoms with Crippen molar-refractivity contribution in [2.24, 2.45) is 0 Å². The number of nitrogens with zero attached hydrogens (tertiary/aromatic N) is 3. The minimum atomic E-state index is -0.514. The molecule has 1 fully saturated rings. The molecule has 0 unspecified atom stereocenters. The van der Waals surface area contributed by atoms with Crippen LogP contribution in [-0.2, 0) is 11.3 Å².